The molecule has 0 aliphatic rings. The van der Waals surface area contributed by atoms with Gasteiger partial charge >= 0.3 is 5.76 Å². The third-order valence-electron chi connectivity index (χ3n) is 1.86. The molecule has 2 aromatic rings. The minimum Gasteiger partial charge on any atom is -0.296 e. The van der Waals surface area contributed by atoms with E-state index in [1.54, 1.807) is 19.1 Å². The number of para-hydroxylation sites is 1. The van der Waals surface area contributed by atoms with E-state index in [-0.39, 0.29) is 5.69 Å². The predicted octanol–water partition coefficient (Wildman–Crippen LogP) is 1.27. The van der Waals surface area contributed by atoms with Crippen molar-refractivity contribution in [3.8, 4) is 5.69 Å². The van der Waals surface area contributed by atoms with Crippen LogP contribution in [0.15, 0.2) is 33.6 Å². The molecular weight excluding hydrogens is 187 g/mol. The van der Waals surface area contributed by atoms with Gasteiger partial charge < -0.3 is 0 Å². The molecule has 0 spiro atoms. The summed E-state index contributed by atoms with van der Waals surface area (Å²) in [6.07, 6.45) is 0. The monoisotopic (exact) mass is 194 g/mol. The van der Waals surface area contributed by atoms with E-state index in [2.05, 4.69) is 9.68 Å². The summed E-state index contributed by atoms with van der Waals surface area (Å²) < 4.78 is 18.8. The van der Waals surface area contributed by atoms with Crippen molar-refractivity contribution in [1.29, 1.82) is 0 Å². The quantitative estimate of drug-likeness (QED) is 0.686. The van der Waals surface area contributed by atoms with Crippen molar-refractivity contribution in [2.24, 2.45) is 0 Å². The fraction of sp³-hybridized carbons (Fsp3) is 0.111. The van der Waals surface area contributed by atoms with Crippen LogP contribution in [-0.2, 0) is 0 Å². The van der Waals surface area contributed by atoms with Crippen molar-refractivity contribution in [2.45, 2.75) is 6.92 Å². The first-order valence-electron chi connectivity index (χ1n) is 4.00. The van der Waals surface area contributed by atoms with E-state index < -0.39 is 11.6 Å². The zero-order valence-corrected chi connectivity index (χ0v) is 7.40. The zero-order chi connectivity index (χ0) is 10.1. The Labute approximate surface area is 78.6 Å². The number of hydrogen-bond donors (Lipinski definition) is 0. The summed E-state index contributed by atoms with van der Waals surface area (Å²) in [5.74, 6) is -0.853. The maximum atomic E-state index is 13.3. The van der Waals surface area contributed by atoms with E-state index in [0.29, 0.717) is 5.82 Å². The molecule has 1 aromatic carbocycles. The van der Waals surface area contributed by atoms with E-state index in [1.165, 1.54) is 12.1 Å². The second-order valence-corrected chi connectivity index (χ2v) is 2.78. The molecule has 1 heterocycles. The van der Waals surface area contributed by atoms with Gasteiger partial charge in [0.05, 0.1) is 5.69 Å². The lowest BCUT2D eigenvalue weighted by Crippen LogP contribution is -2.14. The third-order valence-corrected chi connectivity index (χ3v) is 1.86. The van der Waals surface area contributed by atoms with Gasteiger partial charge in [0.1, 0.15) is 5.82 Å². The summed E-state index contributed by atoms with van der Waals surface area (Å²) in [5.41, 5.74) is 0.149. The largest absolute Gasteiger partial charge is 0.446 e. The van der Waals surface area contributed by atoms with Crippen LogP contribution in [0.3, 0.4) is 0 Å². The molecule has 0 bridgehead atoms. The first-order valence-corrected chi connectivity index (χ1v) is 4.00. The summed E-state index contributed by atoms with van der Waals surface area (Å²) >= 11 is 0. The topological polar surface area (TPSA) is 48.0 Å². The normalized spacial score (nSPS) is 10.4. The van der Waals surface area contributed by atoms with Crippen LogP contribution in [0.2, 0.25) is 0 Å². The second-order valence-electron chi connectivity index (χ2n) is 2.78. The van der Waals surface area contributed by atoms with Crippen molar-refractivity contribution in [1.82, 2.24) is 9.72 Å². The standard InChI is InChI=1S/C9H7FN2O2/c1-6-11-14-9(13)12(6)8-5-3-2-4-7(8)10/h2-5H,1H3. The van der Waals surface area contributed by atoms with Crippen LogP contribution in [0.1, 0.15) is 5.82 Å². The number of halogens is 1. The highest BCUT2D eigenvalue weighted by molar-refractivity contribution is 5.33. The molecule has 1 aromatic heterocycles. The molecule has 0 fully saturated rings. The number of aryl methyl sites for hydroxylation is 1. The molecule has 0 aliphatic heterocycles. The molecule has 0 unspecified atom stereocenters. The molecule has 0 saturated carbocycles. The smallest absolute Gasteiger partial charge is 0.296 e. The van der Waals surface area contributed by atoms with E-state index in [4.69, 9.17) is 0 Å². The minimum absolute atomic E-state index is 0.149. The lowest BCUT2D eigenvalue weighted by atomic mass is 10.3. The van der Waals surface area contributed by atoms with Crippen LogP contribution >= 0.6 is 0 Å². The lowest BCUT2D eigenvalue weighted by Gasteiger charge is -2.01. The van der Waals surface area contributed by atoms with Crippen molar-refractivity contribution >= 4 is 0 Å². The highest BCUT2D eigenvalue weighted by atomic mass is 19.1. The summed E-state index contributed by atoms with van der Waals surface area (Å²) in [5, 5.41) is 3.44. The molecule has 5 heteroatoms. The minimum atomic E-state index is -0.687. The predicted molar refractivity (Wildman–Crippen MR) is 46.8 cm³/mol. The number of hydrogen-bond acceptors (Lipinski definition) is 3. The van der Waals surface area contributed by atoms with Gasteiger partial charge in [0.25, 0.3) is 0 Å². The summed E-state index contributed by atoms with van der Waals surface area (Å²) in [6.45, 7) is 1.57. The summed E-state index contributed by atoms with van der Waals surface area (Å²) in [4.78, 5) is 11.2. The first-order chi connectivity index (χ1) is 6.70. The third kappa shape index (κ3) is 1.22. The molecular formula is C9H7FN2O2. The molecule has 0 radical (unpaired) electrons. The molecule has 0 N–H and O–H groups in total. The number of benzene rings is 1. The van der Waals surface area contributed by atoms with E-state index in [0.717, 1.165) is 4.57 Å². The molecule has 2 rings (SSSR count). The van der Waals surface area contributed by atoms with E-state index in [1.807, 2.05) is 0 Å². The van der Waals surface area contributed by atoms with Crippen LogP contribution < -0.4 is 5.76 Å². The Morgan fingerprint density at radius 3 is 2.71 bits per heavy atom. The highest BCUT2D eigenvalue weighted by Crippen LogP contribution is 2.11. The van der Waals surface area contributed by atoms with E-state index in [9.17, 15) is 9.18 Å². The van der Waals surface area contributed by atoms with Crippen molar-refractivity contribution in [2.75, 3.05) is 0 Å². The Bertz CT molecular complexity index is 516. The van der Waals surface area contributed by atoms with Gasteiger partial charge in [-0.25, -0.2) is 13.8 Å². The van der Waals surface area contributed by atoms with Gasteiger partial charge in [-0.15, -0.1) is 0 Å². The average molecular weight is 194 g/mol. The molecule has 0 amide bonds. The number of aromatic nitrogens is 2. The van der Waals surface area contributed by atoms with Crippen LogP contribution in [0, 0.1) is 12.7 Å². The molecule has 14 heavy (non-hydrogen) atoms. The van der Waals surface area contributed by atoms with E-state index >= 15 is 0 Å². The van der Waals surface area contributed by atoms with Gasteiger partial charge in [0, 0.05) is 0 Å². The number of rotatable bonds is 1. The Morgan fingerprint density at radius 2 is 2.14 bits per heavy atom. The fourth-order valence-corrected chi connectivity index (χ4v) is 1.22. The SMILES string of the molecule is Cc1noc(=O)n1-c1ccccc1F. The van der Waals surface area contributed by atoms with Gasteiger partial charge in [0.15, 0.2) is 5.82 Å². The summed E-state index contributed by atoms with van der Waals surface area (Å²) in [6, 6.07) is 5.94. The van der Waals surface area contributed by atoms with Crippen molar-refractivity contribution in [3.05, 3.63) is 46.5 Å². The van der Waals surface area contributed by atoms with Gasteiger partial charge in [-0.3, -0.25) is 4.52 Å². The second kappa shape index (κ2) is 3.10. The molecule has 0 atom stereocenters. The zero-order valence-electron chi connectivity index (χ0n) is 7.40. The fourth-order valence-electron chi connectivity index (χ4n) is 1.22. The van der Waals surface area contributed by atoms with Gasteiger partial charge in [-0.05, 0) is 19.1 Å². The lowest BCUT2D eigenvalue weighted by molar-refractivity contribution is 0.379. The summed E-state index contributed by atoms with van der Waals surface area (Å²) in [7, 11) is 0. The Balaban J connectivity index is 2.72. The molecule has 4 nitrogen and oxygen atoms in total. The van der Waals surface area contributed by atoms with Crippen LogP contribution in [0.4, 0.5) is 4.39 Å². The van der Waals surface area contributed by atoms with Crippen LogP contribution in [0.25, 0.3) is 5.69 Å². The molecule has 0 saturated heterocycles. The highest BCUT2D eigenvalue weighted by Gasteiger charge is 2.11. The van der Waals surface area contributed by atoms with Crippen molar-refractivity contribution in [3.63, 3.8) is 0 Å². The Morgan fingerprint density at radius 1 is 1.43 bits per heavy atom. The average Bonchev–Trinajstić information content (AvgIpc) is 2.48. The van der Waals surface area contributed by atoms with Crippen molar-refractivity contribution < 1.29 is 8.91 Å². The maximum Gasteiger partial charge on any atom is 0.446 e. The molecule has 0 aliphatic carbocycles. The van der Waals surface area contributed by atoms with Gasteiger partial charge in [0.2, 0.25) is 0 Å². The Kier molecular flexibility index (Phi) is 1.92. The van der Waals surface area contributed by atoms with Gasteiger partial charge in [-0.1, -0.05) is 17.3 Å². The maximum absolute atomic E-state index is 13.3. The van der Waals surface area contributed by atoms with Gasteiger partial charge in [-0.2, -0.15) is 0 Å². The Hall–Kier alpha value is -1.91. The number of nitrogens with zero attached hydrogens (tertiary/aromatic N) is 2. The molecule has 72 valence electrons. The van der Waals surface area contributed by atoms with Crippen LogP contribution in [-0.4, -0.2) is 9.72 Å². The van der Waals surface area contributed by atoms with Crippen LogP contribution in [0.5, 0.6) is 0 Å². The first kappa shape index (κ1) is 8.68.